The van der Waals surface area contributed by atoms with Gasteiger partial charge >= 0.3 is 5.69 Å². The number of aryl methyl sites for hydroxylation is 1. The number of hydrogen-bond acceptors (Lipinski definition) is 8. The molecule has 41 heavy (non-hydrogen) atoms. The molecule has 0 amide bonds. The van der Waals surface area contributed by atoms with Gasteiger partial charge in [0.05, 0.1) is 19.1 Å². The molecule has 0 radical (unpaired) electrons. The molecule has 0 saturated heterocycles. The van der Waals surface area contributed by atoms with Gasteiger partial charge in [-0.3, -0.25) is 15.1 Å². The van der Waals surface area contributed by atoms with Crippen molar-refractivity contribution >= 4 is 17.2 Å². The molecule has 214 valence electrons. The Hall–Kier alpha value is -4.66. The molecule has 9 nitrogen and oxygen atoms in total. The summed E-state index contributed by atoms with van der Waals surface area (Å²) in [4.78, 5) is 23.4. The zero-order chi connectivity index (χ0) is 29.0. The Morgan fingerprint density at radius 1 is 0.902 bits per heavy atom. The standard InChI is InChI=1S/C32H37N5O4/c1-4-5-6-9-27-19-30(34-21-26-8-7-18-33-20-26)31(37(38)39)32(35-27)36(22-24-10-14-28(40-2)15-11-24)23-25-12-16-29(41-3)17-13-25/h7-8,10-20H,4-6,9,21-23H2,1-3H3,(H,34,35). The maximum absolute atomic E-state index is 12.7. The molecule has 0 aliphatic heterocycles. The van der Waals surface area contributed by atoms with E-state index in [-0.39, 0.29) is 10.6 Å². The number of ether oxygens (including phenoxy) is 2. The van der Waals surface area contributed by atoms with Crippen molar-refractivity contribution in [3.05, 3.63) is 112 Å². The largest absolute Gasteiger partial charge is 0.497 e. The Balaban J connectivity index is 1.78. The molecular formula is C32H37N5O4. The quantitative estimate of drug-likeness (QED) is 0.0955. The highest BCUT2D eigenvalue weighted by molar-refractivity contribution is 5.75. The first-order valence-corrected chi connectivity index (χ1v) is 13.8. The predicted molar refractivity (Wildman–Crippen MR) is 162 cm³/mol. The summed E-state index contributed by atoms with van der Waals surface area (Å²) in [5.74, 6) is 1.84. The minimum atomic E-state index is -0.335. The van der Waals surface area contributed by atoms with Crippen molar-refractivity contribution in [2.45, 2.75) is 52.2 Å². The van der Waals surface area contributed by atoms with Crippen LogP contribution in [0.15, 0.2) is 79.1 Å². The van der Waals surface area contributed by atoms with Gasteiger partial charge in [-0.1, -0.05) is 50.1 Å². The summed E-state index contributed by atoms with van der Waals surface area (Å²) < 4.78 is 10.7. The van der Waals surface area contributed by atoms with Crippen molar-refractivity contribution in [2.24, 2.45) is 0 Å². The molecule has 2 aromatic heterocycles. The van der Waals surface area contributed by atoms with E-state index in [4.69, 9.17) is 14.5 Å². The summed E-state index contributed by atoms with van der Waals surface area (Å²) in [6, 6.07) is 21.1. The fourth-order valence-electron chi connectivity index (χ4n) is 4.60. The van der Waals surface area contributed by atoms with Crippen molar-refractivity contribution in [1.82, 2.24) is 9.97 Å². The maximum Gasteiger partial charge on any atom is 0.334 e. The van der Waals surface area contributed by atoms with Gasteiger partial charge in [0.2, 0.25) is 5.82 Å². The van der Waals surface area contributed by atoms with E-state index in [1.54, 1.807) is 26.6 Å². The van der Waals surface area contributed by atoms with Gasteiger partial charge in [-0.05, 0) is 65.9 Å². The van der Waals surface area contributed by atoms with Crippen molar-refractivity contribution in [1.29, 1.82) is 0 Å². The highest BCUT2D eigenvalue weighted by atomic mass is 16.6. The molecule has 0 aliphatic carbocycles. The van der Waals surface area contributed by atoms with Crippen molar-refractivity contribution in [3.63, 3.8) is 0 Å². The van der Waals surface area contributed by atoms with Gasteiger partial charge in [-0.15, -0.1) is 0 Å². The van der Waals surface area contributed by atoms with Gasteiger partial charge in [0, 0.05) is 37.7 Å². The normalized spacial score (nSPS) is 10.7. The van der Waals surface area contributed by atoms with Crippen LogP contribution >= 0.6 is 0 Å². The van der Waals surface area contributed by atoms with Crippen LogP contribution in [-0.4, -0.2) is 29.1 Å². The molecule has 4 aromatic rings. The smallest absolute Gasteiger partial charge is 0.334 e. The average molecular weight is 556 g/mol. The summed E-state index contributed by atoms with van der Waals surface area (Å²) in [5, 5.41) is 16.0. The number of pyridine rings is 2. The molecule has 2 heterocycles. The second-order valence-corrected chi connectivity index (χ2v) is 9.81. The second kappa shape index (κ2) is 14.6. The fourth-order valence-corrected chi connectivity index (χ4v) is 4.60. The van der Waals surface area contributed by atoms with Crippen LogP contribution in [0.1, 0.15) is 48.6 Å². The van der Waals surface area contributed by atoms with Crippen LogP contribution in [0, 0.1) is 10.1 Å². The summed E-state index contributed by atoms with van der Waals surface area (Å²) in [5.41, 5.74) is 4.12. The van der Waals surface area contributed by atoms with Gasteiger partial charge in [0.25, 0.3) is 0 Å². The van der Waals surface area contributed by atoms with Gasteiger partial charge in [0.15, 0.2) is 0 Å². The van der Waals surface area contributed by atoms with Crippen molar-refractivity contribution in [3.8, 4) is 11.5 Å². The minimum Gasteiger partial charge on any atom is -0.497 e. The van der Waals surface area contributed by atoms with Crippen LogP contribution in [0.25, 0.3) is 0 Å². The first-order chi connectivity index (χ1) is 20.0. The highest BCUT2D eigenvalue weighted by Crippen LogP contribution is 2.37. The fraction of sp³-hybridized carbons (Fsp3) is 0.312. The number of aromatic nitrogens is 2. The Kier molecular flexibility index (Phi) is 10.5. The lowest BCUT2D eigenvalue weighted by atomic mass is 10.1. The first kappa shape index (κ1) is 29.3. The lowest BCUT2D eigenvalue weighted by molar-refractivity contribution is -0.383. The van der Waals surface area contributed by atoms with E-state index in [9.17, 15) is 10.1 Å². The molecule has 0 bridgehead atoms. The summed E-state index contributed by atoms with van der Waals surface area (Å²) in [6.07, 6.45) is 7.29. The highest BCUT2D eigenvalue weighted by Gasteiger charge is 2.28. The number of nitrogens with one attached hydrogen (secondary N) is 1. The Bertz CT molecular complexity index is 1350. The van der Waals surface area contributed by atoms with E-state index in [0.717, 1.165) is 59.6 Å². The van der Waals surface area contributed by atoms with E-state index in [1.807, 2.05) is 71.6 Å². The number of unbranched alkanes of at least 4 members (excludes halogenated alkanes) is 2. The van der Waals surface area contributed by atoms with Gasteiger partial charge in [-0.2, -0.15) is 0 Å². The Morgan fingerprint density at radius 2 is 1.54 bits per heavy atom. The number of anilines is 2. The first-order valence-electron chi connectivity index (χ1n) is 13.8. The third-order valence-electron chi connectivity index (χ3n) is 6.82. The predicted octanol–water partition coefficient (Wildman–Crippen LogP) is 6.95. The van der Waals surface area contributed by atoms with Crippen molar-refractivity contribution in [2.75, 3.05) is 24.4 Å². The van der Waals surface area contributed by atoms with Crippen LogP contribution in [0.2, 0.25) is 0 Å². The second-order valence-electron chi connectivity index (χ2n) is 9.81. The monoisotopic (exact) mass is 555 g/mol. The number of hydrogen-bond donors (Lipinski definition) is 1. The minimum absolute atomic E-state index is 0.0462. The van der Waals surface area contributed by atoms with Gasteiger partial charge < -0.3 is 19.7 Å². The topological polar surface area (TPSA) is 103 Å². The molecule has 0 fully saturated rings. The zero-order valence-electron chi connectivity index (χ0n) is 23.9. The Labute approximate surface area is 241 Å². The van der Waals surface area contributed by atoms with E-state index in [0.29, 0.717) is 31.1 Å². The third-order valence-corrected chi connectivity index (χ3v) is 6.82. The van der Waals surface area contributed by atoms with Crippen LogP contribution in [0.5, 0.6) is 11.5 Å². The van der Waals surface area contributed by atoms with Crippen LogP contribution in [0.4, 0.5) is 17.2 Å². The molecule has 0 saturated carbocycles. The van der Waals surface area contributed by atoms with Crippen LogP contribution in [-0.2, 0) is 26.1 Å². The van der Waals surface area contributed by atoms with Crippen molar-refractivity contribution < 1.29 is 14.4 Å². The van der Waals surface area contributed by atoms with E-state index in [1.165, 1.54) is 0 Å². The zero-order valence-corrected chi connectivity index (χ0v) is 23.9. The molecule has 0 aliphatic rings. The number of methoxy groups -OCH3 is 2. The summed E-state index contributed by atoms with van der Waals surface area (Å²) in [7, 11) is 3.25. The molecule has 0 spiro atoms. The SMILES string of the molecule is CCCCCc1cc(NCc2cccnc2)c([N+](=O)[O-])c(N(Cc2ccc(OC)cc2)Cc2ccc(OC)cc2)n1. The molecule has 2 aromatic carbocycles. The molecule has 0 atom stereocenters. The summed E-state index contributed by atoms with van der Waals surface area (Å²) >= 11 is 0. The lowest BCUT2D eigenvalue weighted by Gasteiger charge is -2.26. The van der Waals surface area contributed by atoms with E-state index in [2.05, 4.69) is 17.2 Å². The van der Waals surface area contributed by atoms with Gasteiger partial charge in [-0.25, -0.2) is 4.98 Å². The average Bonchev–Trinajstić information content (AvgIpc) is 3.00. The van der Waals surface area contributed by atoms with E-state index < -0.39 is 0 Å². The van der Waals surface area contributed by atoms with E-state index >= 15 is 0 Å². The Morgan fingerprint density at radius 3 is 2.05 bits per heavy atom. The molecule has 4 rings (SSSR count). The number of rotatable bonds is 15. The lowest BCUT2D eigenvalue weighted by Crippen LogP contribution is -2.25. The van der Waals surface area contributed by atoms with Crippen LogP contribution in [0.3, 0.4) is 0 Å². The van der Waals surface area contributed by atoms with Crippen LogP contribution < -0.4 is 19.7 Å². The number of nitro groups is 1. The maximum atomic E-state index is 12.7. The molecule has 0 unspecified atom stereocenters. The molecular weight excluding hydrogens is 518 g/mol. The molecule has 1 N–H and O–H groups in total. The van der Waals surface area contributed by atoms with Gasteiger partial charge in [0.1, 0.15) is 17.2 Å². The number of benzene rings is 2. The molecule has 9 heteroatoms. The summed E-state index contributed by atoms with van der Waals surface area (Å²) in [6.45, 7) is 3.40. The number of nitrogens with zero attached hydrogens (tertiary/aromatic N) is 4. The third kappa shape index (κ3) is 8.17.